The molecule has 1 fully saturated rings. The summed E-state index contributed by atoms with van der Waals surface area (Å²) in [7, 11) is 0. The van der Waals surface area contributed by atoms with E-state index < -0.39 is 42.6 Å². The highest BCUT2D eigenvalue weighted by atomic mass is 16.7. The van der Waals surface area contributed by atoms with Crippen LogP contribution in [0.15, 0.2) is 73.3 Å². The molecule has 0 unspecified atom stereocenters. The molecule has 0 saturated carbocycles. The van der Waals surface area contributed by atoms with Crippen molar-refractivity contribution in [3.63, 3.8) is 0 Å². The fraction of sp³-hybridized carbons (Fsp3) is 0.407. The molecule has 0 N–H and O–H groups in total. The molecule has 1 aliphatic heterocycles. The van der Waals surface area contributed by atoms with Gasteiger partial charge in [-0.05, 0) is 11.1 Å². The molecule has 0 aromatic heterocycles. The van der Waals surface area contributed by atoms with Crippen molar-refractivity contribution in [2.24, 2.45) is 0 Å². The maximum absolute atomic E-state index is 12.0. The molecule has 0 bridgehead atoms. The molecule has 2 aromatic carbocycles. The van der Waals surface area contributed by atoms with Crippen LogP contribution in [0.25, 0.3) is 0 Å². The molecule has 35 heavy (non-hydrogen) atoms. The summed E-state index contributed by atoms with van der Waals surface area (Å²) in [6.45, 7) is 7.05. The molecule has 3 rings (SSSR count). The van der Waals surface area contributed by atoms with Crippen molar-refractivity contribution in [2.45, 2.75) is 57.8 Å². The van der Waals surface area contributed by atoms with Crippen LogP contribution in [0.3, 0.4) is 0 Å². The van der Waals surface area contributed by atoms with Crippen molar-refractivity contribution in [1.29, 1.82) is 0 Å². The van der Waals surface area contributed by atoms with E-state index in [0.29, 0.717) is 6.61 Å². The van der Waals surface area contributed by atoms with Gasteiger partial charge in [-0.1, -0.05) is 66.7 Å². The van der Waals surface area contributed by atoms with Crippen molar-refractivity contribution in [3.8, 4) is 0 Å². The molecule has 0 spiro atoms. The topological polar surface area (TPSA) is 89.5 Å². The van der Waals surface area contributed by atoms with E-state index in [2.05, 4.69) is 6.58 Å². The first-order valence-corrected chi connectivity index (χ1v) is 11.5. The SMILES string of the molecule is C=CCO[C@H]1O[C@H](COCc2ccccc2)[C@@H](OC(C)=O)[C@H](OC(C)=O)[C@@H]1OCc1ccccc1. The third-order valence-corrected chi connectivity index (χ3v) is 5.25. The molecule has 5 atom stereocenters. The van der Waals surface area contributed by atoms with Crippen LogP contribution in [-0.2, 0) is 51.2 Å². The lowest BCUT2D eigenvalue weighted by Gasteiger charge is -2.44. The highest BCUT2D eigenvalue weighted by Crippen LogP contribution is 2.30. The highest BCUT2D eigenvalue weighted by Gasteiger charge is 2.51. The molecule has 0 radical (unpaired) electrons. The smallest absolute Gasteiger partial charge is 0.303 e. The lowest BCUT2D eigenvalue weighted by Crippen LogP contribution is -2.62. The third-order valence-electron chi connectivity index (χ3n) is 5.25. The van der Waals surface area contributed by atoms with Gasteiger partial charge in [-0.15, -0.1) is 6.58 Å². The first kappa shape index (κ1) is 26.6. The second-order valence-corrected chi connectivity index (χ2v) is 8.07. The molecular weight excluding hydrogens is 452 g/mol. The average molecular weight is 485 g/mol. The van der Waals surface area contributed by atoms with Crippen LogP contribution < -0.4 is 0 Å². The second-order valence-electron chi connectivity index (χ2n) is 8.07. The summed E-state index contributed by atoms with van der Waals surface area (Å²) >= 11 is 0. The van der Waals surface area contributed by atoms with Crippen LogP contribution in [0.2, 0.25) is 0 Å². The Labute approximate surface area is 205 Å². The Morgan fingerprint density at radius 1 is 0.829 bits per heavy atom. The van der Waals surface area contributed by atoms with Gasteiger partial charge in [-0.2, -0.15) is 0 Å². The molecule has 1 saturated heterocycles. The normalized spacial score (nSPS) is 23.9. The summed E-state index contributed by atoms with van der Waals surface area (Å²) in [5.74, 6) is -1.09. The first-order valence-electron chi connectivity index (χ1n) is 11.5. The number of ether oxygens (including phenoxy) is 6. The second kappa shape index (κ2) is 13.7. The predicted octanol–water partition coefficient (Wildman–Crippen LogP) is 3.58. The van der Waals surface area contributed by atoms with Crippen molar-refractivity contribution < 1.29 is 38.0 Å². The van der Waals surface area contributed by atoms with Crippen molar-refractivity contribution in [3.05, 3.63) is 84.4 Å². The summed E-state index contributed by atoms with van der Waals surface area (Å²) in [4.78, 5) is 24.0. The summed E-state index contributed by atoms with van der Waals surface area (Å²) in [6.07, 6.45) is -2.91. The van der Waals surface area contributed by atoms with Gasteiger partial charge in [-0.3, -0.25) is 9.59 Å². The zero-order valence-electron chi connectivity index (χ0n) is 20.0. The van der Waals surface area contributed by atoms with Crippen LogP contribution in [0.1, 0.15) is 25.0 Å². The monoisotopic (exact) mass is 484 g/mol. The molecule has 1 heterocycles. The fourth-order valence-electron chi connectivity index (χ4n) is 3.78. The van der Waals surface area contributed by atoms with E-state index in [1.54, 1.807) is 6.08 Å². The Kier molecular flexibility index (Phi) is 10.4. The van der Waals surface area contributed by atoms with E-state index in [1.807, 2.05) is 60.7 Å². The predicted molar refractivity (Wildman–Crippen MR) is 127 cm³/mol. The first-order chi connectivity index (χ1) is 17.0. The van der Waals surface area contributed by atoms with Crippen LogP contribution in [-0.4, -0.2) is 55.9 Å². The quantitative estimate of drug-likeness (QED) is 0.334. The van der Waals surface area contributed by atoms with Gasteiger partial charge in [0.15, 0.2) is 18.5 Å². The van der Waals surface area contributed by atoms with Gasteiger partial charge < -0.3 is 28.4 Å². The molecule has 1 aliphatic rings. The minimum absolute atomic E-state index is 0.0734. The zero-order chi connectivity index (χ0) is 25.0. The standard InChI is InChI=1S/C27H32O8/c1-4-15-31-27-26(32-17-22-13-9-6-10-14-22)25(34-20(3)29)24(33-19(2)28)23(35-27)18-30-16-21-11-7-5-8-12-21/h4-14,23-27H,1,15-18H2,2-3H3/t23-,24-,25+,26+,27+/m1/s1. The van der Waals surface area contributed by atoms with Crippen molar-refractivity contribution >= 4 is 11.9 Å². The average Bonchev–Trinajstić information content (AvgIpc) is 2.84. The Morgan fingerprint density at radius 3 is 1.97 bits per heavy atom. The van der Waals surface area contributed by atoms with Gasteiger partial charge in [0.1, 0.15) is 12.2 Å². The van der Waals surface area contributed by atoms with E-state index in [-0.39, 0.29) is 19.8 Å². The lowest BCUT2D eigenvalue weighted by molar-refractivity contribution is -0.314. The number of benzene rings is 2. The fourth-order valence-corrected chi connectivity index (χ4v) is 3.78. The maximum Gasteiger partial charge on any atom is 0.303 e. The van der Waals surface area contributed by atoms with E-state index >= 15 is 0 Å². The summed E-state index contributed by atoms with van der Waals surface area (Å²) in [5.41, 5.74) is 1.89. The Bertz CT molecular complexity index is 933. The van der Waals surface area contributed by atoms with E-state index in [9.17, 15) is 9.59 Å². The Balaban J connectivity index is 1.82. The van der Waals surface area contributed by atoms with Gasteiger partial charge in [0.2, 0.25) is 0 Å². The highest BCUT2D eigenvalue weighted by molar-refractivity contribution is 5.67. The Hall–Kier alpha value is -3.04. The van der Waals surface area contributed by atoms with Gasteiger partial charge in [-0.25, -0.2) is 0 Å². The lowest BCUT2D eigenvalue weighted by atomic mass is 9.98. The number of carbonyl (C=O) groups excluding carboxylic acids is 2. The van der Waals surface area contributed by atoms with Crippen LogP contribution >= 0.6 is 0 Å². The minimum atomic E-state index is -0.978. The van der Waals surface area contributed by atoms with E-state index in [4.69, 9.17) is 28.4 Å². The number of carbonyl (C=O) groups is 2. The molecule has 8 heteroatoms. The minimum Gasteiger partial charge on any atom is -0.456 e. The summed E-state index contributed by atoms with van der Waals surface area (Å²) in [6, 6.07) is 19.2. The summed E-state index contributed by atoms with van der Waals surface area (Å²) in [5, 5.41) is 0. The Morgan fingerprint density at radius 2 is 1.40 bits per heavy atom. The zero-order valence-corrected chi connectivity index (χ0v) is 20.0. The van der Waals surface area contributed by atoms with Gasteiger partial charge in [0, 0.05) is 13.8 Å². The third kappa shape index (κ3) is 8.29. The van der Waals surface area contributed by atoms with Gasteiger partial charge >= 0.3 is 11.9 Å². The number of hydrogen-bond donors (Lipinski definition) is 0. The van der Waals surface area contributed by atoms with E-state index in [1.165, 1.54) is 13.8 Å². The van der Waals surface area contributed by atoms with Gasteiger partial charge in [0.05, 0.1) is 26.4 Å². The molecule has 188 valence electrons. The largest absolute Gasteiger partial charge is 0.456 e. The molecule has 0 aliphatic carbocycles. The number of hydrogen-bond acceptors (Lipinski definition) is 8. The van der Waals surface area contributed by atoms with Crippen molar-refractivity contribution in [2.75, 3.05) is 13.2 Å². The molecule has 8 nitrogen and oxygen atoms in total. The van der Waals surface area contributed by atoms with Crippen LogP contribution in [0.4, 0.5) is 0 Å². The number of rotatable bonds is 12. The maximum atomic E-state index is 12.0. The summed E-state index contributed by atoms with van der Waals surface area (Å²) < 4.78 is 35.2. The van der Waals surface area contributed by atoms with Gasteiger partial charge in [0.25, 0.3) is 0 Å². The molecule has 2 aromatic rings. The molecule has 0 amide bonds. The van der Waals surface area contributed by atoms with Crippen molar-refractivity contribution in [1.82, 2.24) is 0 Å². The van der Waals surface area contributed by atoms with Crippen LogP contribution in [0, 0.1) is 0 Å². The molecular formula is C27H32O8. The van der Waals surface area contributed by atoms with E-state index in [0.717, 1.165) is 11.1 Å². The van der Waals surface area contributed by atoms with Crippen LogP contribution in [0.5, 0.6) is 0 Å². The number of esters is 2.